The molecule has 1 saturated heterocycles. The molecule has 26 heavy (non-hydrogen) atoms. The number of nitrogens with one attached hydrogen (secondary N) is 1. The molecule has 0 bridgehead atoms. The summed E-state index contributed by atoms with van der Waals surface area (Å²) >= 11 is 0. The molecule has 2 aromatic carbocycles. The summed E-state index contributed by atoms with van der Waals surface area (Å²) in [5.41, 5.74) is 3.55. The van der Waals surface area contributed by atoms with E-state index < -0.39 is 0 Å². The van der Waals surface area contributed by atoms with Gasteiger partial charge in [0.15, 0.2) is 0 Å². The van der Waals surface area contributed by atoms with E-state index in [2.05, 4.69) is 52.7 Å². The molecular weight excluding hydrogens is 322 g/mol. The third kappa shape index (κ3) is 5.01. The molecular formula is C22H29N3O. The number of amides is 1. The van der Waals surface area contributed by atoms with E-state index in [0.717, 1.165) is 43.7 Å². The van der Waals surface area contributed by atoms with E-state index in [9.17, 15) is 4.79 Å². The van der Waals surface area contributed by atoms with Crippen molar-refractivity contribution in [2.75, 3.05) is 43.9 Å². The number of benzene rings is 2. The smallest absolute Gasteiger partial charge is 0.241 e. The zero-order valence-corrected chi connectivity index (χ0v) is 15.8. The van der Waals surface area contributed by atoms with Gasteiger partial charge in [-0.1, -0.05) is 30.3 Å². The van der Waals surface area contributed by atoms with Crippen molar-refractivity contribution in [1.29, 1.82) is 0 Å². The third-order valence-electron chi connectivity index (χ3n) is 5.16. The maximum atomic E-state index is 12.5. The van der Waals surface area contributed by atoms with Crippen molar-refractivity contribution < 1.29 is 4.79 Å². The van der Waals surface area contributed by atoms with Crippen LogP contribution < -0.4 is 10.2 Å². The average molecular weight is 351 g/mol. The molecule has 1 fully saturated rings. The lowest BCUT2D eigenvalue weighted by molar-refractivity contribution is -0.130. The van der Waals surface area contributed by atoms with E-state index in [1.165, 1.54) is 5.56 Å². The number of carbonyl (C=O) groups is 1. The van der Waals surface area contributed by atoms with Gasteiger partial charge in [0.05, 0.1) is 6.54 Å². The number of hydrogen-bond donors (Lipinski definition) is 1. The summed E-state index contributed by atoms with van der Waals surface area (Å²) in [5, 5.41) is 3.25. The third-order valence-corrected chi connectivity index (χ3v) is 5.16. The molecule has 1 aliphatic heterocycles. The van der Waals surface area contributed by atoms with Gasteiger partial charge in [0.1, 0.15) is 0 Å². The summed E-state index contributed by atoms with van der Waals surface area (Å²) in [6.45, 7) is 2.11. The molecule has 4 nitrogen and oxygen atoms in total. The molecule has 0 aromatic heterocycles. The molecule has 0 aliphatic carbocycles. The zero-order chi connectivity index (χ0) is 18.4. The van der Waals surface area contributed by atoms with Gasteiger partial charge < -0.3 is 15.1 Å². The van der Waals surface area contributed by atoms with Gasteiger partial charge in [-0.25, -0.2) is 0 Å². The summed E-state index contributed by atoms with van der Waals surface area (Å²) in [4.78, 5) is 16.5. The predicted molar refractivity (Wildman–Crippen MR) is 109 cm³/mol. The van der Waals surface area contributed by atoms with Gasteiger partial charge in [-0.2, -0.15) is 0 Å². The van der Waals surface area contributed by atoms with Crippen molar-refractivity contribution in [2.45, 2.75) is 19.3 Å². The second-order valence-corrected chi connectivity index (χ2v) is 7.31. The second kappa shape index (κ2) is 8.75. The molecule has 0 unspecified atom stereocenters. The van der Waals surface area contributed by atoms with Crippen molar-refractivity contribution >= 4 is 17.3 Å². The summed E-state index contributed by atoms with van der Waals surface area (Å²) in [6, 6.07) is 18.8. The van der Waals surface area contributed by atoms with Crippen molar-refractivity contribution in [3.63, 3.8) is 0 Å². The Labute approximate surface area is 156 Å². The van der Waals surface area contributed by atoms with E-state index in [1.54, 1.807) is 0 Å². The molecule has 138 valence electrons. The monoisotopic (exact) mass is 351 g/mol. The molecule has 0 radical (unpaired) electrons. The number of hydrogen-bond acceptors (Lipinski definition) is 3. The highest BCUT2D eigenvalue weighted by atomic mass is 16.2. The van der Waals surface area contributed by atoms with Gasteiger partial charge in [-0.05, 0) is 55.0 Å². The lowest BCUT2D eigenvalue weighted by atomic mass is 9.90. The maximum absolute atomic E-state index is 12.5. The van der Waals surface area contributed by atoms with Crippen LogP contribution >= 0.6 is 0 Å². The minimum absolute atomic E-state index is 0.194. The summed E-state index contributed by atoms with van der Waals surface area (Å²) in [7, 11) is 4.04. The molecule has 0 saturated carbocycles. The largest absolute Gasteiger partial charge is 0.378 e. The van der Waals surface area contributed by atoms with Crippen molar-refractivity contribution in [3.8, 4) is 0 Å². The Hall–Kier alpha value is -2.49. The molecule has 2 aromatic rings. The molecule has 4 heteroatoms. The van der Waals surface area contributed by atoms with Crippen LogP contribution in [0.5, 0.6) is 0 Å². The highest BCUT2D eigenvalue weighted by Crippen LogP contribution is 2.22. The molecule has 3 rings (SSSR count). The Morgan fingerprint density at radius 2 is 1.69 bits per heavy atom. The fourth-order valence-corrected chi connectivity index (χ4v) is 3.50. The highest BCUT2D eigenvalue weighted by Gasteiger charge is 2.22. The molecule has 1 aliphatic rings. The van der Waals surface area contributed by atoms with E-state index in [1.807, 2.05) is 31.1 Å². The SMILES string of the molecule is CN(C)c1ccc(NCC(=O)N2CCC(Cc3ccccc3)CC2)cc1. The number of carbonyl (C=O) groups excluding carboxylic acids is 1. The highest BCUT2D eigenvalue weighted by molar-refractivity contribution is 5.81. The van der Waals surface area contributed by atoms with Gasteiger partial charge in [0.25, 0.3) is 0 Å². The van der Waals surface area contributed by atoms with Gasteiger partial charge in [-0.3, -0.25) is 4.79 Å². The first-order chi connectivity index (χ1) is 12.6. The van der Waals surface area contributed by atoms with Crippen LogP contribution in [-0.2, 0) is 11.2 Å². The van der Waals surface area contributed by atoms with E-state index in [-0.39, 0.29) is 5.91 Å². The van der Waals surface area contributed by atoms with Gasteiger partial charge in [0.2, 0.25) is 5.91 Å². The Morgan fingerprint density at radius 3 is 2.31 bits per heavy atom. The second-order valence-electron chi connectivity index (χ2n) is 7.31. The van der Waals surface area contributed by atoms with Gasteiger partial charge in [0, 0.05) is 38.6 Å². The van der Waals surface area contributed by atoms with Crippen LogP contribution in [0.15, 0.2) is 54.6 Å². The van der Waals surface area contributed by atoms with Crippen molar-refractivity contribution in [3.05, 3.63) is 60.2 Å². The zero-order valence-electron chi connectivity index (χ0n) is 15.8. The quantitative estimate of drug-likeness (QED) is 0.863. The van der Waals surface area contributed by atoms with Crippen LogP contribution in [0.2, 0.25) is 0 Å². The Bertz CT molecular complexity index is 689. The molecule has 0 spiro atoms. The van der Waals surface area contributed by atoms with E-state index in [4.69, 9.17) is 0 Å². The van der Waals surface area contributed by atoms with E-state index >= 15 is 0 Å². The number of rotatable bonds is 6. The minimum atomic E-state index is 0.194. The average Bonchev–Trinajstić information content (AvgIpc) is 2.68. The molecule has 1 amide bonds. The van der Waals surface area contributed by atoms with Crippen molar-refractivity contribution in [2.24, 2.45) is 5.92 Å². The maximum Gasteiger partial charge on any atom is 0.241 e. The van der Waals surface area contributed by atoms with Crippen molar-refractivity contribution in [1.82, 2.24) is 4.90 Å². The van der Waals surface area contributed by atoms with Crippen LogP contribution in [0, 0.1) is 5.92 Å². The van der Waals surface area contributed by atoms with Gasteiger partial charge in [-0.15, -0.1) is 0 Å². The van der Waals surface area contributed by atoms with Crippen LogP contribution in [0.4, 0.5) is 11.4 Å². The van der Waals surface area contributed by atoms with E-state index in [0.29, 0.717) is 12.5 Å². The summed E-state index contributed by atoms with van der Waals surface area (Å²) in [6.07, 6.45) is 3.32. The standard InChI is InChI=1S/C22H29N3O/c1-24(2)21-10-8-20(9-11-21)23-17-22(26)25-14-12-19(13-15-25)16-18-6-4-3-5-7-18/h3-11,19,23H,12-17H2,1-2H3. The summed E-state index contributed by atoms with van der Waals surface area (Å²) < 4.78 is 0. The molecule has 1 N–H and O–H groups in total. The lowest BCUT2D eigenvalue weighted by Gasteiger charge is -2.32. The lowest BCUT2D eigenvalue weighted by Crippen LogP contribution is -2.41. The number of piperidine rings is 1. The van der Waals surface area contributed by atoms with Crippen LogP contribution in [0.3, 0.4) is 0 Å². The molecule has 0 atom stereocenters. The fourth-order valence-electron chi connectivity index (χ4n) is 3.50. The minimum Gasteiger partial charge on any atom is -0.378 e. The molecule has 1 heterocycles. The number of nitrogens with zero attached hydrogens (tertiary/aromatic N) is 2. The Balaban J connectivity index is 1.42. The topological polar surface area (TPSA) is 35.6 Å². The predicted octanol–water partition coefficient (Wildman–Crippen LogP) is 3.65. The Morgan fingerprint density at radius 1 is 1.04 bits per heavy atom. The normalized spacial score (nSPS) is 14.9. The number of anilines is 2. The number of likely N-dealkylation sites (tertiary alicyclic amines) is 1. The van der Waals surface area contributed by atoms with Crippen LogP contribution in [0.25, 0.3) is 0 Å². The van der Waals surface area contributed by atoms with Crippen LogP contribution in [-0.4, -0.2) is 44.5 Å². The first-order valence-corrected chi connectivity index (χ1v) is 9.45. The first kappa shape index (κ1) is 18.3. The fraction of sp³-hybridized carbons (Fsp3) is 0.409. The van der Waals surface area contributed by atoms with Gasteiger partial charge >= 0.3 is 0 Å². The Kier molecular flexibility index (Phi) is 6.16. The summed E-state index contributed by atoms with van der Waals surface area (Å²) in [5.74, 6) is 0.882. The first-order valence-electron chi connectivity index (χ1n) is 9.45. The van der Waals surface area contributed by atoms with Crippen LogP contribution in [0.1, 0.15) is 18.4 Å².